The summed E-state index contributed by atoms with van der Waals surface area (Å²) >= 11 is 0. The lowest BCUT2D eigenvalue weighted by Crippen LogP contribution is -1.95. The highest BCUT2D eigenvalue weighted by atomic mass is 16.3. The van der Waals surface area contributed by atoms with Crippen molar-refractivity contribution in [3.05, 3.63) is 133 Å². The minimum Gasteiger partial charge on any atom is -0.455 e. The molecule has 6 aromatic carbocycles. The third-order valence-corrected chi connectivity index (χ3v) is 7.25. The van der Waals surface area contributed by atoms with Gasteiger partial charge in [0.2, 0.25) is 0 Å². The quantitative estimate of drug-likeness (QED) is 0.276. The average molecular weight is 476 g/mol. The molecule has 2 N–H and O–H groups in total. The Kier molecular flexibility index (Phi) is 5.12. The average Bonchev–Trinajstić information content (AvgIpc) is 3.37. The minimum absolute atomic E-state index is 0.540. The highest BCUT2D eigenvalue weighted by Crippen LogP contribution is 2.39. The Morgan fingerprint density at radius 2 is 1.05 bits per heavy atom. The van der Waals surface area contributed by atoms with Crippen LogP contribution in [0.15, 0.2) is 132 Å². The molecular weight excluding hydrogens is 450 g/mol. The number of rotatable bonds is 4. The molecule has 0 bridgehead atoms. The molecule has 0 amide bonds. The first kappa shape index (κ1) is 21.6. The topological polar surface area (TPSA) is 39.2 Å². The fourth-order valence-electron chi connectivity index (χ4n) is 5.38. The molecule has 0 atom stereocenters. The Morgan fingerprint density at radius 3 is 1.84 bits per heavy atom. The van der Waals surface area contributed by atoms with E-state index in [0.29, 0.717) is 6.54 Å². The summed E-state index contributed by atoms with van der Waals surface area (Å²) in [5, 5.41) is 4.63. The molecule has 176 valence electrons. The molecule has 0 aliphatic heterocycles. The maximum atomic E-state index is 6.59. The van der Waals surface area contributed by atoms with Crippen LogP contribution in [0.25, 0.3) is 66.1 Å². The first-order chi connectivity index (χ1) is 18.3. The predicted molar refractivity (Wildman–Crippen MR) is 155 cm³/mol. The van der Waals surface area contributed by atoms with Gasteiger partial charge < -0.3 is 10.2 Å². The van der Waals surface area contributed by atoms with Gasteiger partial charge >= 0.3 is 0 Å². The molecule has 0 radical (unpaired) electrons. The Labute approximate surface area is 215 Å². The molecule has 0 aliphatic rings. The van der Waals surface area contributed by atoms with Gasteiger partial charge in [0, 0.05) is 28.3 Å². The molecule has 0 fully saturated rings. The van der Waals surface area contributed by atoms with Crippen LogP contribution in [-0.2, 0) is 6.54 Å². The highest BCUT2D eigenvalue weighted by Gasteiger charge is 2.14. The molecule has 7 aromatic rings. The van der Waals surface area contributed by atoms with Gasteiger partial charge in [0.05, 0.1) is 0 Å². The van der Waals surface area contributed by atoms with E-state index in [2.05, 4.69) is 127 Å². The lowest BCUT2D eigenvalue weighted by Gasteiger charge is -2.09. The number of fused-ring (bicyclic) bond motifs is 5. The number of hydrogen-bond donors (Lipinski definition) is 1. The molecule has 0 saturated carbocycles. The molecule has 1 heterocycles. The van der Waals surface area contributed by atoms with Gasteiger partial charge in [-0.2, -0.15) is 0 Å². The van der Waals surface area contributed by atoms with Crippen LogP contribution in [0.2, 0.25) is 0 Å². The predicted octanol–water partition coefficient (Wildman–Crippen LogP) is 9.20. The van der Waals surface area contributed by atoms with Gasteiger partial charge in [-0.1, -0.05) is 103 Å². The van der Waals surface area contributed by atoms with Crippen LogP contribution in [0.1, 0.15) is 5.56 Å². The second-order valence-corrected chi connectivity index (χ2v) is 9.51. The molecule has 7 rings (SSSR count). The number of furan rings is 1. The van der Waals surface area contributed by atoms with Gasteiger partial charge in [-0.15, -0.1) is 0 Å². The summed E-state index contributed by atoms with van der Waals surface area (Å²) in [5.41, 5.74) is 15.9. The van der Waals surface area contributed by atoms with E-state index in [1.54, 1.807) is 0 Å². The van der Waals surface area contributed by atoms with E-state index in [4.69, 9.17) is 10.2 Å². The van der Waals surface area contributed by atoms with Crippen LogP contribution in [-0.4, -0.2) is 0 Å². The largest absolute Gasteiger partial charge is 0.455 e. The lowest BCUT2D eigenvalue weighted by molar-refractivity contribution is 0.674. The van der Waals surface area contributed by atoms with Crippen LogP contribution in [0.4, 0.5) is 0 Å². The van der Waals surface area contributed by atoms with Crippen molar-refractivity contribution in [1.82, 2.24) is 0 Å². The Hall–Kier alpha value is -4.66. The molecule has 2 nitrogen and oxygen atoms in total. The Balaban J connectivity index is 1.35. The minimum atomic E-state index is 0.540. The van der Waals surface area contributed by atoms with Gasteiger partial charge in [-0.3, -0.25) is 0 Å². The van der Waals surface area contributed by atoms with Gasteiger partial charge in [0.1, 0.15) is 11.2 Å². The summed E-state index contributed by atoms with van der Waals surface area (Å²) in [6.45, 7) is 0.540. The summed E-state index contributed by atoms with van der Waals surface area (Å²) in [6.07, 6.45) is 0. The first-order valence-corrected chi connectivity index (χ1v) is 12.6. The standard InChI is InChI=1S/C35H25NO/c36-22-23-7-3-9-25(19-23)26-10-4-11-27(20-26)28-12-5-13-29(21-28)31-15-6-16-32-33-18-17-24-8-1-2-14-30(24)34(33)37-35(31)32/h1-21H,22,36H2. The van der Waals surface area contributed by atoms with Crippen molar-refractivity contribution in [2.24, 2.45) is 5.73 Å². The van der Waals surface area contributed by atoms with Crippen LogP contribution in [0.5, 0.6) is 0 Å². The molecule has 0 unspecified atom stereocenters. The zero-order valence-corrected chi connectivity index (χ0v) is 20.3. The van der Waals surface area contributed by atoms with E-state index in [9.17, 15) is 0 Å². The third-order valence-electron chi connectivity index (χ3n) is 7.25. The van der Waals surface area contributed by atoms with Crippen molar-refractivity contribution < 1.29 is 4.42 Å². The fourth-order valence-corrected chi connectivity index (χ4v) is 5.38. The van der Waals surface area contributed by atoms with Gasteiger partial charge in [0.15, 0.2) is 0 Å². The lowest BCUT2D eigenvalue weighted by atomic mass is 9.95. The molecule has 1 aromatic heterocycles. The highest BCUT2D eigenvalue weighted by molar-refractivity contribution is 6.17. The van der Waals surface area contributed by atoms with E-state index in [-0.39, 0.29) is 0 Å². The van der Waals surface area contributed by atoms with Crippen molar-refractivity contribution in [3.63, 3.8) is 0 Å². The van der Waals surface area contributed by atoms with Crippen molar-refractivity contribution in [1.29, 1.82) is 0 Å². The van der Waals surface area contributed by atoms with Crippen molar-refractivity contribution >= 4 is 32.7 Å². The van der Waals surface area contributed by atoms with Gasteiger partial charge in [-0.05, 0) is 63.0 Å². The molecule has 0 saturated heterocycles. The summed E-state index contributed by atoms with van der Waals surface area (Å²) in [6, 6.07) is 45.1. The molecule has 37 heavy (non-hydrogen) atoms. The maximum Gasteiger partial charge on any atom is 0.143 e. The Morgan fingerprint density at radius 1 is 0.459 bits per heavy atom. The van der Waals surface area contributed by atoms with Crippen LogP contribution >= 0.6 is 0 Å². The van der Waals surface area contributed by atoms with Gasteiger partial charge in [-0.25, -0.2) is 0 Å². The Bertz CT molecular complexity index is 1930. The molecule has 2 heteroatoms. The summed E-state index contributed by atoms with van der Waals surface area (Å²) < 4.78 is 6.59. The van der Waals surface area contributed by atoms with Crippen LogP contribution in [0.3, 0.4) is 0 Å². The summed E-state index contributed by atoms with van der Waals surface area (Å²) in [7, 11) is 0. The van der Waals surface area contributed by atoms with Crippen LogP contribution in [0, 0.1) is 0 Å². The summed E-state index contributed by atoms with van der Waals surface area (Å²) in [5.74, 6) is 0. The van der Waals surface area contributed by atoms with Crippen molar-refractivity contribution in [2.45, 2.75) is 6.54 Å². The number of benzene rings is 6. The summed E-state index contributed by atoms with van der Waals surface area (Å²) in [4.78, 5) is 0. The van der Waals surface area contributed by atoms with Crippen LogP contribution < -0.4 is 5.73 Å². The smallest absolute Gasteiger partial charge is 0.143 e. The van der Waals surface area contributed by atoms with E-state index in [1.807, 2.05) is 0 Å². The molecular formula is C35H25NO. The third kappa shape index (κ3) is 3.70. The number of hydrogen-bond acceptors (Lipinski definition) is 2. The SMILES string of the molecule is NCc1cccc(-c2cccc(-c3cccc(-c4cccc5c4oc4c6ccccc6ccc54)c3)c2)c1. The molecule has 0 spiro atoms. The zero-order valence-electron chi connectivity index (χ0n) is 20.3. The number of nitrogens with two attached hydrogens (primary N) is 1. The van der Waals surface area contributed by atoms with Crippen molar-refractivity contribution in [2.75, 3.05) is 0 Å². The first-order valence-electron chi connectivity index (χ1n) is 12.6. The maximum absolute atomic E-state index is 6.59. The van der Waals surface area contributed by atoms with E-state index in [1.165, 1.54) is 27.6 Å². The fraction of sp³-hybridized carbons (Fsp3) is 0.0286. The monoisotopic (exact) mass is 475 g/mol. The van der Waals surface area contributed by atoms with E-state index < -0.39 is 0 Å². The van der Waals surface area contributed by atoms with E-state index in [0.717, 1.165) is 44.0 Å². The second kappa shape index (κ2) is 8.77. The second-order valence-electron chi connectivity index (χ2n) is 9.51. The van der Waals surface area contributed by atoms with E-state index >= 15 is 0 Å². The molecule has 0 aliphatic carbocycles. The number of para-hydroxylation sites is 1. The van der Waals surface area contributed by atoms with Gasteiger partial charge in [0.25, 0.3) is 0 Å². The van der Waals surface area contributed by atoms with Crippen molar-refractivity contribution in [3.8, 4) is 33.4 Å². The zero-order chi connectivity index (χ0) is 24.8. The normalized spacial score (nSPS) is 11.5.